The van der Waals surface area contributed by atoms with Crippen LogP contribution in [-0.2, 0) is 15.6 Å². The second-order valence-corrected chi connectivity index (χ2v) is 9.10. The van der Waals surface area contributed by atoms with Crippen molar-refractivity contribution in [3.63, 3.8) is 0 Å². The molecule has 0 heterocycles. The van der Waals surface area contributed by atoms with Crippen molar-refractivity contribution in [2.45, 2.75) is 83.5 Å². The highest BCUT2D eigenvalue weighted by molar-refractivity contribution is 5.80. The second-order valence-electron chi connectivity index (χ2n) is 9.10. The van der Waals surface area contributed by atoms with Gasteiger partial charge in [-0.3, -0.25) is 0 Å². The highest BCUT2D eigenvalue weighted by atomic mass is 16.4. The number of hydrogen-bond donors (Lipinski definition) is 1. The van der Waals surface area contributed by atoms with Crippen LogP contribution in [0.25, 0.3) is 0 Å². The van der Waals surface area contributed by atoms with E-state index in [0.29, 0.717) is 5.92 Å². The lowest BCUT2D eigenvalue weighted by Crippen LogP contribution is -2.34. The molecule has 0 radical (unpaired) electrons. The number of carbonyl (C=O) groups is 1. The number of benzene rings is 1. The molecule has 0 spiro atoms. The number of rotatable bonds is 2. The van der Waals surface area contributed by atoms with Gasteiger partial charge < -0.3 is 5.11 Å². The molecule has 0 aliphatic heterocycles. The Labute approximate surface area is 146 Å². The first-order valence-corrected chi connectivity index (χ1v) is 9.18. The van der Waals surface area contributed by atoms with E-state index in [2.05, 4.69) is 46.8 Å². The first-order valence-electron chi connectivity index (χ1n) is 9.18. The van der Waals surface area contributed by atoms with Gasteiger partial charge in [-0.1, -0.05) is 45.4 Å². The summed E-state index contributed by atoms with van der Waals surface area (Å²) in [5.74, 6) is -0.336. The SMILES string of the molecule is Cc1cc2c(cc1C1CC/C(=C\C(=O)O)C1)C(C)(C)CCC2(C)C. The number of aliphatic carboxylic acids is 1. The monoisotopic (exact) mass is 326 g/mol. The van der Waals surface area contributed by atoms with E-state index in [1.807, 2.05) is 0 Å². The Balaban J connectivity index is 2.02. The van der Waals surface area contributed by atoms with E-state index in [4.69, 9.17) is 5.11 Å². The van der Waals surface area contributed by atoms with Crippen LogP contribution >= 0.6 is 0 Å². The van der Waals surface area contributed by atoms with Gasteiger partial charge in [-0.15, -0.1) is 0 Å². The summed E-state index contributed by atoms with van der Waals surface area (Å²) >= 11 is 0. The molecule has 2 aliphatic carbocycles. The molecule has 0 amide bonds. The molecule has 2 nitrogen and oxygen atoms in total. The van der Waals surface area contributed by atoms with Crippen molar-refractivity contribution in [2.75, 3.05) is 0 Å². The number of hydrogen-bond acceptors (Lipinski definition) is 1. The Kier molecular flexibility index (Phi) is 4.14. The summed E-state index contributed by atoms with van der Waals surface area (Å²) in [4.78, 5) is 10.9. The predicted molar refractivity (Wildman–Crippen MR) is 98.8 cm³/mol. The standard InChI is InChI=1S/C22H30O2/c1-14-10-18-19(22(4,5)9-8-21(18,2)3)13-17(14)16-7-6-15(11-16)12-20(23)24/h10,12-13,16H,6-9,11H2,1-5H3,(H,23,24)/b15-12+. The van der Waals surface area contributed by atoms with E-state index in [-0.39, 0.29) is 10.8 Å². The van der Waals surface area contributed by atoms with E-state index in [1.54, 1.807) is 0 Å². The van der Waals surface area contributed by atoms with Gasteiger partial charge in [0.25, 0.3) is 0 Å². The number of fused-ring (bicyclic) bond motifs is 1. The molecule has 1 aromatic rings. The van der Waals surface area contributed by atoms with Crippen molar-refractivity contribution in [1.82, 2.24) is 0 Å². The maximum atomic E-state index is 10.9. The van der Waals surface area contributed by atoms with Crippen molar-refractivity contribution in [1.29, 1.82) is 0 Å². The van der Waals surface area contributed by atoms with Crippen molar-refractivity contribution in [3.05, 3.63) is 46.0 Å². The lowest BCUT2D eigenvalue weighted by molar-refractivity contribution is -0.131. The first kappa shape index (κ1) is 17.3. The molecule has 0 saturated heterocycles. The normalized spacial score (nSPS) is 26.4. The van der Waals surface area contributed by atoms with Gasteiger partial charge >= 0.3 is 5.97 Å². The molecule has 0 bridgehead atoms. The third-order valence-electron chi connectivity index (χ3n) is 6.33. The van der Waals surface area contributed by atoms with Crippen LogP contribution in [0, 0.1) is 6.92 Å². The fraction of sp³-hybridized carbons (Fsp3) is 0.591. The summed E-state index contributed by atoms with van der Waals surface area (Å²) in [7, 11) is 0. The molecule has 1 unspecified atom stereocenters. The van der Waals surface area contributed by atoms with Crippen LogP contribution in [-0.4, -0.2) is 11.1 Å². The summed E-state index contributed by atoms with van der Waals surface area (Å²) in [5, 5.41) is 8.99. The summed E-state index contributed by atoms with van der Waals surface area (Å²) in [6, 6.07) is 4.88. The van der Waals surface area contributed by atoms with Gasteiger partial charge in [0.05, 0.1) is 0 Å². The fourth-order valence-corrected chi connectivity index (χ4v) is 4.63. The zero-order valence-electron chi connectivity index (χ0n) is 15.7. The van der Waals surface area contributed by atoms with Crippen LogP contribution in [0.1, 0.15) is 88.0 Å². The lowest BCUT2D eigenvalue weighted by atomic mass is 9.62. The van der Waals surface area contributed by atoms with Gasteiger partial charge in [0.1, 0.15) is 0 Å². The van der Waals surface area contributed by atoms with Crippen LogP contribution in [0.5, 0.6) is 0 Å². The Hall–Kier alpha value is -1.57. The summed E-state index contributed by atoms with van der Waals surface area (Å²) in [6.45, 7) is 11.7. The van der Waals surface area contributed by atoms with Crippen LogP contribution < -0.4 is 0 Å². The van der Waals surface area contributed by atoms with Crippen LogP contribution in [0.4, 0.5) is 0 Å². The third kappa shape index (κ3) is 3.03. The van der Waals surface area contributed by atoms with Crippen molar-refractivity contribution >= 4 is 5.97 Å². The molecule has 0 aromatic heterocycles. The van der Waals surface area contributed by atoms with Gasteiger partial charge in [0.2, 0.25) is 0 Å². The summed E-state index contributed by atoms with van der Waals surface area (Å²) < 4.78 is 0. The second kappa shape index (κ2) is 5.75. The first-order chi connectivity index (χ1) is 11.1. The third-order valence-corrected chi connectivity index (χ3v) is 6.33. The molecule has 2 heteroatoms. The smallest absolute Gasteiger partial charge is 0.328 e. The number of carboxylic acids is 1. The lowest BCUT2D eigenvalue weighted by Gasteiger charge is -2.42. The minimum atomic E-state index is -0.810. The maximum absolute atomic E-state index is 10.9. The molecule has 2 aliphatic rings. The average molecular weight is 326 g/mol. The minimum Gasteiger partial charge on any atom is -0.478 e. The van der Waals surface area contributed by atoms with Crippen LogP contribution in [0.2, 0.25) is 0 Å². The highest BCUT2D eigenvalue weighted by Crippen LogP contribution is 2.48. The molecule has 130 valence electrons. The zero-order valence-corrected chi connectivity index (χ0v) is 15.7. The quantitative estimate of drug-likeness (QED) is 0.716. The maximum Gasteiger partial charge on any atom is 0.328 e. The zero-order chi connectivity index (χ0) is 17.7. The molecule has 1 saturated carbocycles. The molecule has 3 rings (SSSR count). The minimum absolute atomic E-state index is 0.228. The Morgan fingerprint density at radius 1 is 1.12 bits per heavy atom. The molecule has 24 heavy (non-hydrogen) atoms. The average Bonchev–Trinajstić information content (AvgIpc) is 2.91. The van der Waals surface area contributed by atoms with Gasteiger partial charge in [-0.05, 0) is 78.0 Å². The predicted octanol–water partition coefficient (Wildman–Crippen LogP) is 5.62. The molecule has 1 N–H and O–H groups in total. The van der Waals surface area contributed by atoms with Crippen LogP contribution in [0.3, 0.4) is 0 Å². The molecular weight excluding hydrogens is 296 g/mol. The van der Waals surface area contributed by atoms with Gasteiger partial charge in [-0.25, -0.2) is 4.79 Å². The van der Waals surface area contributed by atoms with Crippen molar-refractivity contribution in [2.24, 2.45) is 0 Å². The van der Waals surface area contributed by atoms with E-state index in [1.165, 1.54) is 41.2 Å². The van der Waals surface area contributed by atoms with Gasteiger partial charge in [-0.2, -0.15) is 0 Å². The van der Waals surface area contributed by atoms with E-state index in [0.717, 1.165) is 24.8 Å². The van der Waals surface area contributed by atoms with Crippen molar-refractivity contribution in [3.8, 4) is 0 Å². The number of carboxylic acid groups (broad SMARTS) is 1. The summed E-state index contributed by atoms with van der Waals surface area (Å²) in [5.41, 5.74) is 7.40. The van der Waals surface area contributed by atoms with Crippen LogP contribution in [0.15, 0.2) is 23.8 Å². The highest BCUT2D eigenvalue weighted by Gasteiger charge is 2.38. The van der Waals surface area contributed by atoms with E-state index < -0.39 is 5.97 Å². The molecule has 1 atom stereocenters. The van der Waals surface area contributed by atoms with E-state index >= 15 is 0 Å². The van der Waals surface area contributed by atoms with E-state index in [9.17, 15) is 4.79 Å². The molecular formula is C22H30O2. The van der Waals surface area contributed by atoms with Crippen molar-refractivity contribution < 1.29 is 9.90 Å². The molecule has 1 aromatic carbocycles. The Morgan fingerprint density at radius 3 is 2.29 bits per heavy atom. The number of allylic oxidation sites excluding steroid dienone is 1. The number of aryl methyl sites for hydroxylation is 1. The largest absolute Gasteiger partial charge is 0.478 e. The Bertz CT molecular complexity index is 707. The topological polar surface area (TPSA) is 37.3 Å². The van der Waals surface area contributed by atoms with Gasteiger partial charge in [0.15, 0.2) is 0 Å². The molecule has 1 fully saturated rings. The fourth-order valence-electron chi connectivity index (χ4n) is 4.63. The Morgan fingerprint density at radius 2 is 1.71 bits per heavy atom. The summed E-state index contributed by atoms with van der Waals surface area (Å²) in [6.07, 6.45) is 6.77. The van der Waals surface area contributed by atoms with Gasteiger partial charge in [0, 0.05) is 6.08 Å².